The highest BCUT2D eigenvalue weighted by Gasteiger charge is 2.33. The molecular weight excluding hydrogens is 420 g/mol. The molecule has 3 N–H and O–H groups in total. The summed E-state index contributed by atoms with van der Waals surface area (Å²) >= 11 is 0. The van der Waals surface area contributed by atoms with Crippen molar-refractivity contribution >= 4 is 23.5 Å². The van der Waals surface area contributed by atoms with Crippen LogP contribution in [0.25, 0.3) is 0 Å². The number of amides is 2. The van der Waals surface area contributed by atoms with E-state index >= 15 is 0 Å². The van der Waals surface area contributed by atoms with Crippen molar-refractivity contribution in [3.05, 3.63) is 60.2 Å². The third-order valence-corrected chi connectivity index (χ3v) is 6.14. The Bertz CT molecular complexity index is 964. The summed E-state index contributed by atoms with van der Waals surface area (Å²) in [4.78, 5) is 36.1. The van der Waals surface area contributed by atoms with Crippen LogP contribution in [0, 0.1) is 5.92 Å². The number of hydrogen-bond donors (Lipinski definition) is 3. The number of rotatable bonds is 8. The fourth-order valence-corrected chi connectivity index (χ4v) is 3.99. The summed E-state index contributed by atoms with van der Waals surface area (Å²) in [6.45, 7) is 4.70. The van der Waals surface area contributed by atoms with Gasteiger partial charge in [-0.05, 0) is 82.2 Å². The van der Waals surface area contributed by atoms with Gasteiger partial charge in [-0.3, -0.25) is 9.59 Å². The van der Waals surface area contributed by atoms with Crippen LogP contribution in [0.2, 0.25) is 0 Å². The average Bonchev–Trinajstić information content (AvgIpc) is 2.80. The van der Waals surface area contributed by atoms with E-state index in [1.54, 1.807) is 6.92 Å². The Labute approximate surface area is 194 Å². The van der Waals surface area contributed by atoms with E-state index in [1.165, 1.54) is 19.4 Å². The first-order valence-electron chi connectivity index (χ1n) is 11.3. The molecule has 0 spiro atoms. The second-order valence-electron chi connectivity index (χ2n) is 9.15. The molecule has 2 amide bonds. The van der Waals surface area contributed by atoms with E-state index in [0.29, 0.717) is 17.4 Å². The minimum absolute atomic E-state index is 0.162. The van der Waals surface area contributed by atoms with E-state index in [2.05, 4.69) is 10.6 Å². The molecule has 1 aliphatic carbocycles. The Kier molecular flexibility index (Phi) is 7.74. The van der Waals surface area contributed by atoms with Gasteiger partial charge in [-0.1, -0.05) is 30.3 Å². The number of carbonyl (C=O) groups excluding carboxylic acids is 2. The number of carbonyl (C=O) groups is 3. The van der Waals surface area contributed by atoms with Crippen LogP contribution in [0.5, 0.6) is 5.75 Å². The highest BCUT2D eigenvalue weighted by Crippen LogP contribution is 2.36. The van der Waals surface area contributed by atoms with E-state index < -0.39 is 17.6 Å². The van der Waals surface area contributed by atoms with Crippen molar-refractivity contribution in [3.63, 3.8) is 0 Å². The predicted octanol–water partition coefficient (Wildman–Crippen LogP) is 4.35. The number of benzene rings is 2. The van der Waals surface area contributed by atoms with Gasteiger partial charge >= 0.3 is 5.97 Å². The molecule has 1 aliphatic rings. The number of nitrogens with one attached hydrogen (secondary N) is 2. The van der Waals surface area contributed by atoms with Crippen molar-refractivity contribution in [2.24, 2.45) is 5.92 Å². The summed E-state index contributed by atoms with van der Waals surface area (Å²) in [7, 11) is 0. The highest BCUT2D eigenvalue weighted by molar-refractivity contribution is 5.94. The lowest BCUT2D eigenvalue weighted by atomic mass is 9.78. The van der Waals surface area contributed by atoms with Crippen molar-refractivity contribution in [1.29, 1.82) is 0 Å². The summed E-state index contributed by atoms with van der Waals surface area (Å²) in [5.74, 6) is -0.631. The van der Waals surface area contributed by atoms with Gasteiger partial charge in [0.1, 0.15) is 11.3 Å². The van der Waals surface area contributed by atoms with E-state index in [-0.39, 0.29) is 17.7 Å². The smallest absolute Gasteiger partial charge is 0.328 e. The second-order valence-corrected chi connectivity index (χ2v) is 9.15. The van der Waals surface area contributed by atoms with Gasteiger partial charge in [-0.25, -0.2) is 4.79 Å². The first kappa shape index (κ1) is 24.3. The number of anilines is 1. The first-order chi connectivity index (χ1) is 15.7. The maximum atomic E-state index is 12.5. The fourth-order valence-electron chi connectivity index (χ4n) is 3.99. The second kappa shape index (κ2) is 10.5. The topological polar surface area (TPSA) is 105 Å². The first-order valence-corrected chi connectivity index (χ1v) is 11.3. The summed E-state index contributed by atoms with van der Waals surface area (Å²) < 4.78 is 5.66. The van der Waals surface area contributed by atoms with Gasteiger partial charge in [0.25, 0.3) is 5.91 Å². The van der Waals surface area contributed by atoms with Gasteiger partial charge in [0.15, 0.2) is 6.10 Å². The van der Waals surface area contributed by atoms with Gasteiger partial charge in [-0.15, -0.1) is 0 Å². The Morgan fingerprint density at radius 3 is 2.15 bits per heavy atom. The summed E-state index contributed by atoms with van der Waals surface area (Å²) in [5, 5.41) is 14.7. The molecule has 1 fully saturated rings. The minimum atomic E-state index is -1.27. The van der Waals surface area contributed by atoms with Crippen molar-refractivity contribution in [1.82, 2.24) is 5.32 Å². The summed E-state index contributed by atoms with van der Waals surface area (Å²) in [6.07, 6.45) is 2.54. The molecule has 7 nitrogen and oxygen atoms in total. The molecule has 176 valence electrons. The molecule has 1 atom stereocenters. The Morgan fingerprint density at radius 1 is 0.970 bits per heavy atom. The molecule has 1 saturated carbocycles. The van der Waals surface area contributed by atoms with E-state index in [4.69, 9.17) is 4.74 Å². The molecule has 0 aromatic heterocycles. The molecule has 7 heteroatoms. The Balaban J connectivity index is 1.49. The highest BCUT2D eigenvalue weighted by atomic mass is 16.5. The quantitative estimate of drug-likeness (QED) is 0.552. The molecular formula is C26H32N2O5. The van der Waals surface area contributed by atoms with Crippen molar-refractivity contribution in [2.45, 2.75) is 64.0 Å². The Hall–Kier alpha value is -3.35. The molecule has 1 unspecified atom stereocenters. The molecule has 0 heterocycles. The fraction of sp³-hybridized carbons (Fsp3) is 0.423. The lowest BCUT2D eigenvalue weighted by Crippen LogP contribution is -2.51. The number of ether oxygens (including phenoxy) is 1. The zero-order chi connectivity index (χ0) is 24.0. The molecule has 0 bridgehead atoms. The zero-order valence-corrected chi connectivity index (χ0v) is 19.3. The van der Waals surface area contributed by atoms with Crippen LogP contribution in [0.3, 0.4) is 0 Å². The minimum Gasteiger partial charge on any atom is -0.481 e. The predicted molar refractivity (Wildman–Crippen MR) is 126 cm³/mol. The molecule has 33 heavy (non-hydrogen) atoms. The number of hydrogen-bond acceptors (Lipinski definition) is 4. The zero-order valence-electron chi connectivity index (χ0n) is 19.3. The van der Waals surface area contributed by atoms with Crippen molar-refractivity contribution in [2.75, 3.05) is 5.32 Å². The molecule has 0 radical (unpaired) electrons. The van der Waals surface area contributed by atoms with Gasteiger partial charge < -0.3 is 20.5 Å². The molecule has 2 aromatic carbocycles. The van der Waals surface area contributed by atoms with Crippen LogP contribution >= 0.6 is 0 Å². The molecule has 0 saturated heterocycles. The van der Waals surface area contributed by atoms with Gasteiger partial charge in [0, 0.05) is 11.6 Å². The number of carboxylic acid groups (broad SMARTS) is 1. The normalized spacial score (nSPS) is 19.2. The molecule has 3 rings (SSSR count). The van der Waals surface area contributed by atoms with E-state index in [1.807, 2.05) is 54.6 Å². The van der Waals surface area contributed by atoms with E-state index in [0.717, 1.165) is 25.7 Å². The van der Waals surface area contributed by atoms with Crippen LogP contribution in [0.15, 0.2) is 54.6 Å². The lowest BCUT2D eigenvalue weighted by Gasteiger charge is -2.30. The van der Waals surface area contributed by atoms with Crippen LogP contribution in [-0.4, -0.2) is 34.5 Å². The summed E-state index contributed by atoms with van der Waals surface area (Å²) in [5.41, 5.74) is 0.611. The number of aliphatic carboxylic acids is 1. The third kappa shape index (κ3) is 6.57. The van der Waals surface area contributed by atoms with Crippen LogP contribution < -0.4 is 15.4 Å². The van der Waals surface area contributed by atoms with Crippen molar-refractivity contribution in [3.8, 4) is 5.75 Å². The Morgan fingerprint density at radius 2 is 1.58 bits per heavy atom. The largest absolute Gasteiger partial charge is 0.481 e. The summed E-state index contributed by atoms with van der Waals surface area (Å²) in [6, 6.07) is 17.0. The van der Waals surface area contributed by atoms with E-state index in [9.17, 15) is 19.5 Å². The molecule has 2 aromatic rings. The third-order valence-electron chi connectivity index (χ3n) is 6.14. The number of carboxylic acids is 1. The van der Waals surface area contributed by atoms with Crippen LogP contribution in [0.4, 0.5) is 5.69 Å². The lowest BCUT2D eigenvalue weighted by molar-refractivity contribution is -0.146. The van der Waals surface area contributed by atoms with Gasteiger partial charge in [0.05, 0.1) is 0 Å². The molecule has 0 aliphatic heterocycles. The van der Waals surface area contributed by atoms with Gasteiger partial charge in [-0.2, -0.15) is 0 Å². The maximum absolute atomic E-state index is 12.5. The van der Waals surface area contributed by atoms with Gasteiger partial charge in [0.2, 0.25) is 5.91 Å². The van der Waals surface area contributed by atoms with Crippen molar-refractivity contribution < 1.29 is 24.2 Å². The standard InChI is InChI=1S/C26H32N2O5/c1-17(33-22-7-5-4-6-8-22)23(29)27-21-15-13-19(14-16-21)18-9-11-20(12-10-18)24(30)28-26(2,3)25(31)32/h4-8,13-18,20H,9-12H2,1-3H3,(H,27,29)(H,28,30)(H,31,32)/t17?,18-,20-. The maximum Gasteiger partial charge on any atom is 0.328 e. The van der Waals surface area contributed by atoms with Crippen LogP contribution in [0.1, 0.15) is 57.9 Å². The van der Waals surface area contributed by atoms with Crippen LogP contribution in [-0.2, 0) is 14.4 Å². The SMILES string of the molecule is CC(Oc1ccccc1)C(=O)Nc1ccc([C@H]2CC[C@H](C(=O)NC(C)(C)C(=O)O)CC2)cc1. The average molecular weight is 453 g/mol. The number of para-hydroxylation sites is 1. The monoisotopic (exact) mass is 452 g/mol.